The summed E-state index contributed by atoms with van der Waals surface area (Å²) in [4.78, 5) is 31.2. The fraction of sp³-hybridized carbons (Fsp3) is 0.304. The summed E-state index contributed by atoms with van der Waals surface area (Å²) in [5.41, 5.74) is 1.39. The van der Waals surface area contributed by atoms with Crippen LogP contribution in [0.2, 0.25) is 0 Å². The third-order valence-corrected chi connectivity index (χ3v) is 6.11. The highest BCUT2D eigenvalue weighted by atomic mass is 19.4. The quantitative estimate of drug-likeness (QED) is 0.493. The summed E-state index contributed by atoms with van der Waals surface area (Å²) in [6, 6.07) is 6.99. The van der Waals surface area contributed by atoms with Crippen LogP contribution >= 0.6 is 0 Å². The summed E-state index contributed by atoms with van der Waals surface area (Å²) < 4.78 is 42.6. The number of nitrogens with zero attached hydrogens (tertiary/aromatic N) is 5. The van der Waals surface area contributed by atoms with Crippen LogP contribution < -0.4 is 10.9 Å². The van der Waals surface area contributed by atoms with Gasteiger partial charge in [0.25, 0.3) is 5.56 Å². The van der Waals surface area contributed by atoms with E-state index in [-0.39, 0.29) is 19.4 Å². The Morgan fingerprint density at radius 3 is 2.82 bits per heavy atom. The van der Waals surface area contributed by atoms with Crippen molar-refractivity contribution in [1.82, 2.24) is 24.2 Å². The van der Waals surface area contributed by atoms with E-state index in [1.807, 2.05) is 6.07 Å². The number of nitrogens with one attached hydrogen (secondary N) is 1. The second-order valence-corrected chi connectivity index (χ2v) is 8.34. The summed E-state index contributed by atoms with van der Waals surface area (Å²) in [6.07, 6.45) is 0.423. The first-order chi connectivity index (χ1) is 16.2. The Kier molecular flexibility index (Phi) is 5.26. The molecule has 8 nitrogen and oxygen atoms in total. The van der Waals surface area contributed by atoms with Crippen molar-refractivity contribution in [2.24, 2.45) is 7.05 Å². The molecule has 4 heterocycles. The fourth-order valence-electron chi connectivity index (χ4n) is 4.47. The number of rotatable bonds is 4. The highest BCUT2D eigenvalue weighted by molar-refractivity contribution is 5.95. The molecule has 0 radical (unpaired) electrons. The average Bonchev–Trinajstić information content (AvgIpc) is 3.43. The van der Waals surface area contributed by atoms with Crippen LogP contribution in [0, 0.1) is 0 Å². The summed E-state index contributed by atoms with van der Waals surface area (Å²) in [7, 11) is 1.79. The van der Waals surface area contributed by atoms with Gasteiger partial charge in [0, 0.05) is 25.2 Å². The molecule has 1 saturated heterocycles. The lowest BCUT2D eigenvalue weighted by Crippen LogP contribution is -2.46. The summed E-state index contributed by atoms with van der Waals surface area (Å²) >= 11 is 0. The van der Waals surface area contributed by atoms with Gasteiger partial charge in [0.1, 0.15) is 12.6 Å². The van der Waals surface area contributed by atoms with Crippen LogP contribution in [-0.2, 0) is 18.4 Å². The molecule has 1 amide bonds. The maximum absolute atomic E-state index is 13.3. The van der Waals surface area contributed by atoms with E-state index in [0.29, 0.717) is 27.8 Å². The van der Waals surface area contributed by atoms with Crippen LogP contribution in [0.4, 0.5) is 24.5 Å². The third kappa shape index (κ3) is 3.87. The van der Waals surface area contributed by atoms with Gasteiger partial charge < -0.3 is 14.8 Å². The molecule has 0 bridgehead atoms. The number of hydrogen-bond donors (Lipinski definition) is 1. The first kappa shape index (κ1) is 21.9. The number of hydrogen-bond acceptors (Lipinski definition) is 5. The van der Waals surface area contributed by atoms with Gasteiger partial charge in [-0.3, -0.25) is 14.3 Å². The minimum absolute atomic E-state index is 0.0297. The zero-order valence-electron chi connectivity index (χ0n) is 18.2. The smallest absolute Gasteiger partial charge is 0.354 e. The van der Waals surface area contributed by atoms with Crippen LogP contribution in [0.15, 0.2) is 53.7 Å². The number of aromatic nitrogens is 4. The number of aryl methyl sites for hydroxylation is 1. The first-order valence-corrected chi connectivity index (χ1v) is 10.8. The van der Waals surface area contributed by atoms with E-state index >= 15 is 0 Å². The number of benzene rings is 1. The van der Waals surface area contributed by atoms with E-state index < -0.39 is 30.2 Å². The van der Waals surface area contributed by atoms with Crippen molar-refractivity contribution in [3.05, 3.63) is 59.3 Å². The molecule has 4 aromatic rings. The molecule has 1 atom stereocenters. The minimum atomic E-state index is -4.49. The molecule has 1 aromatic carbocycles. The van der Waals surface area contributed by atoms with Crippen molar-refractivity contribution in [3.8, 4) is 0 Å². The van der Waals surface area contributed by atoms with Gasteiger partial charge in [-0.05, 0) is 36.4 Å². The average molecular weight is 470 g/mol. The van der Waals surface area contributed by atoms with Crippen molar-refractivity contribution in [2.75, 3.05) is 11.9 Å². The molecule has 1 N–H and O–H groups in total. The largest absolute Gasteiger partial charge is 0.408 e. The number of likely N-dealkylation sites (tertiary alicyclic amines) is 1. The predicted octanol–water partition coefficient (Wildman–Crippen LogP) is 3.58. The fourth-order valence-corrected chi connectivity index (χ4v) is 4.47. The van der Waals surface area contributed by atoms with Crippen molar-refractivity contribution >= 4 is 39.1 Å². The van der Waals surface area contributed by atoms with Gasteiger partial charge >= 0.3 is 6.18 Å². The topological polar surface area (TPSA) is 85.0 Å². The highest BCUT2D eigenvalue weighted by Gasteiger charge is 2.47. The Morgan fingerprint density at radius 2 is 2.03 bits per heavy atom. The lowest BCUT2D eigenvalue weighted by Gasteiger charge is -2.26. The van der Waals surface area contributed by atoms with Gasteiger partial charge in [-0.25, -0.2) is 4.98 Å². The number of alkyl halides is 3. The number of amides is 1. The molecular weight excluding hydrogens is 449 g/mol. The molecule has 0 spiro atoms. The summed E-state index contributed by atoms with van der Waals surface area (Å²) in [5, 5.41) is 9.16. The maximum atomic E-state index is 13.3. The van der Waals surface area contributed by atoms with Crippen molar-refractivity contribution in [2.45, 2.75) is 31.6 Å². The second-order valence-electron chi connectivity index (χ2n) is 8.34. The lowest BCUT2D eigenvalue weighted by molar-refractivity contribution is -0.183. The van der Waals surface area contributed by atoms with E-state index in [9.17, 15) is 22.8 Å². The second kappa shape index (κ2) is 8.15. The Bertz CT molecular complexity index is 1460. The van der Waals surface area contributed by atoms with Crippen LogP contribution in [0.1, 0.15) is 12.8 Å². The summed E-state index contributed by atoms with van der Waals surface area (Å²) in [6.45, 7) is -0.430. The number of halogens is 3. The molecule has 1 fully saturated rings. The third-order valence-electron chi connectivity index (χ3n) is 6.11. The van der Waals surface area contributed by atoms with Gasteiger partial charge in [0.2, 0.25) is 5.91 Å². The number of carbonyl (C=O) groups excluding carboxylic acids is 1. The van der Waals surface area contributed by atoms with E-state index in [0.717, 1.165) is 14.9 Å². The van der Waals surface area contributed by atoms with Gasteiger partial charge in [-0.15, -0.1) is 0 Å². The number of pyridine rings is 2. The van der Waals surface area contributed by atoms with Crippen LogP contribution in [-0.4, -0.2) is 48.9 Å². The standard InChI is InChI=1S/C23H21F3N6O2/c1-30-21-15(11-28-30)10-16(12-27-21)29-17-5-2-4-14-7-9-31(22(34)20(14)17)13-19(33)32-8-3-6-18(32)23(24,25)26/h2,4-5,7,9-12,18,29H,3,6,8,13H2,1H3/t18-/m0/s1. The normalized spacial score (nSPS) is 16.5. The molecule has 0 saturated carbocycles. The molecule has 11 heteroatoms. The van der Waals surface area contributed by atoms with E-state index in [1.54, 1.807) is 48.4 Å². The predicted molar refractivity (Wildman–Crippen MR) is 121 cm³/mol. The van der Waals surface area contributed by atoms with Gasteiger partial charge in [0.05, 0.1) is 29.2 Å². The number of fused-ring (bicyclic) bond motifs is 2. The van der Waals surface area contributed by atoms with Gasteiger partial charge in [-0.2, -0.15) is 18.3 Å². The van der Waals surface area contributed by atoms with Crippen molar-refractivity contribution in [3.63, 3.8) is 0 Å². The molecule has 176 valence electrons. The molecular formula is C23H21F3N6O2. The maximum Gasteiger partial charge on any atom is 0.408 e. The SMILES string of the molecule is Cn1ncc2cc(Nc3cccc4ccn(CC(=O)N5CCC[C@H]5C(F)(F)F)c(=O)c34)cnc21. The minimum Gasteiger partial charge on any atom is -0.354 e. The molecule has 1 aliphatic rings. The zero-order chi connectivity index (χ0) is 24.0. The monoisotopic (exact) mass is 470 g/mol. The van der Waals surface area contributed by atoms with Crippen LogP contribution in [0.3, 0.4) is 0 Å². The molecule has 34 heavy (non-hydrogen) atoms. The van der Waals surface area contributed by atoms with Gasteiger partial charge in [-0.1, -0.05) is 12.1 Å². The molecule has 1 aliphatic heterocycles. The Labute approximate surface area is 191 Å². The van der Waals surface area contributed by atoms with E-state index in [4.69, 9.17) is 0 Å². The number of carbonyl (C=O) groups is 1. The zero-order valence-corrected chi connectivity index (χ0v) is 18.2. The molecule has 3 aromatic heterocycles. The van der Waals surface area contributed by atoms with E-state index in [2.05, 4.69) is 15.4 Å². The Hall–Kier alpha value is -3.89. The lowest BCUT2D eigenvalue weighted by atomic mass is 10.1. The highest BCUT2D eigenvalue weighted by Crippen LogP contribution is 2.33. The summed E-state index contributed by atoms with van der Waals surface area (Å²) in [5.74, 6) is -0.724. The first-order valence-electron chi connectivity index (χ1n) is 10.8. The molecule has 5 rings (SSSR count). The van der Waals surface area contributed by atoms with Gasteiger partial charge in [0.15, 0.2) is 5.65 Å². The number of anilines is 2. The Balaban J connectivity index is 1.47. The van der Waals surface area contributed by atoms with Crippen LogP contribution in [0.5, 0.6) is 0 Å². The molecule has 0 aliphatic carbocycles. The van der Waals surface area contributed by atoms with E-state index in [1.165, 1.54) is 6.20 Å². The molecule has 0 unspecified atom stereocenters. The van der Waals surface area contributed by atoms with Crippen molar-refractivity contribution in [1.29, 1.82) is 0 Å². The Morgan fingerprint density at radius 1 is 1.21 bits per heavy atom. The van der Waals surface area contributed by atoms with Crippen LogP contribution in [0.25, 0.3) is 21.8 Å². The van der Waals surface area contributed by atoms with Crippen molar-refractivity contribution < 1.29 is 18.0 Å².